The van der Waals surface area contributed by atoms with Gasteiger partial charge in [-0.1, -0.05) is 48.5 Å². The van der Waals surface area contributed by atoms with Gasteiger partial charge in [0.25, 0.3) is 11.6 Å². The lowest BCUT2D eigenvalue weighted by molar-refractivity contribution is -0.0857. The van der Waals surface area contributed by atoms with Gasteiger partial charge in [0.05, 0.1) is 0 Å². The van der Waals surface area contributed by atoms with Gasteiger partial charge in [-0.25, -0.2) is 0 Å². The Morgan fingerprint density at radius 1 is 0.462 bits per heavy atom. The monoisotopic (exact) mass is 356 g/mol. The second kappa shape index (κ2) is 5.75. The van der Waals surface area contributed by atoms with Gasteiger partial charge in [-0.05, 0) is 0 Å². The van der Waals surface area contributed by atoms with Crippen molar-refractivity contribution in [2.75, 3.05) is 0 Å². The van der Waals surface area contributed by atoms with Crippen molar-refractivity contribution in [3.8, 4) is 0 Å². The first-order valence-electron chi connectivity index (χ1n) is 7.37. The predicted octanol–water partition coefficient (Wildman–Crippen LogP) is -0.507. The van der Waals surface area contributed by atoms with Gasteiger partial charge in [-0.3, -0.25) is 19.2 Å². The molecule has 0 atom stereocenters. The van der Waals surface area contributed by atoms with Gasteiger partial charge in [0.2, 0.25) is 23.1 Å². The van der Waals surface area contributed by atoms with Gasteiger partial charge in [-0.15, -0.1) is 0 Å². The van der Waals surface area contributed by atoms with Crippen LogP contribution in [0, 0.1) is 0 Å². The van der Waals surface area contributed by atoms with Crippen molar-refractivity contribution in [1.29, 1.82) is 0 Å². The summed E-state index contributed by atoms with van der Waals surface area (Å²) >= 11 is 0. The molecule has 4 rings (SSSR count). The molecule has 0 amide bonds. The average molecular weight is 356 g/mol. The molecule has 0 saturated carbocycles. The van der Waals surface area contributed by atoms with Crippen LogP contribution in [0.5, 0.6) is 0 Å². The molecule has 2 aliphatic carbocycles. The molecular weight excluding hydrogens is 344 g/mol. The second-order valence-corrected chi connectivity index (χ2v) is 5.75. The number of carbonyl (C=O) groups excluding carboxylic acids is 4. The molecule has 0 aromatic heterocycles. The zero-order chi connectivity index (χ0) is 19.3. The van der Waals surface area contributed by atoms with E-state index >= 15 is 0 Å². The van der Waals surface area contributed by atoms with E-state index in [1.165, 1.54) is 24.3 Å². The Morgan fingerprint density at radius 2 is 0.654 bits per heavy atom. The first kappa shape index (κ1) is 17.8. The van der Waals surface area contributed by atoms with Crippen LogP contribution in [-0.4, -0.2) is 55.1 Å². The van der Waals surface area contributed by atoms with Crippen LogP contribution >= 0.6 is 0 Å². The standard InChI is InChI=1S/2C9H6O4/c2*10-7-5-3-1-2-4-6(5)8(11)9(7,12)13/h2*1-4,12-13H. The first-order valence-corrected chi connectivity index (χ1v) is 7.37. The predicted molar refractivity (Wildman–Crippen MR) is 84.5 cm³/mol. The van der Waals surface area contributed by atoms with Gasteiger partial charge in [0.15, 0.2) is 0 Å². The lowest BCUT2D eigenvalue weighted by atomic mass is 10.1. The number of carbonyl (C=O) groups is 4. The number of rotatable bonds is 0. The molecule has 0 spiro atoms. The molecule has 0 heterocycles. The highest BCUT2D eigenvalue weighted by Gasteiger charge is 2.51. The SMILES string of the molecule is O=C1c2ccccc2C(=O)C1(O)O.O=C1c2ccccc2C(=O)C1(O)O. The summed E-state index contributed by atoms with van der Waals surface area (Å²) in [6, 6.07) is 11.8. The fourth-order valence-corrected chi connectivity index (χ4v) is 2.72. The van der Waals surface area contributed by atoms with E-state index in [1.807, 2.05) is 0 Å². The van der Waals surface area contributed by atoms with Crippen LogP contribution in [0.4, 0.5) is 0 Å². The summed E-state index contributed by atoms with van der Waals surface area (Å²) in [5.41, 5.74) is 0.269. The van der Waals surface area contributed by atoms with Gasteiger partial charge >= 0.3 is 0 Å². The minimum Gasteiger partial charge on any atom is -0.353 e. The molecule has 0 aliphatic heterocycles. The minimum absolute atomic E-state index is 0.0671. The lowest BCUT2D eigenvalue weighted by Gasteiger charge is -2.08. The molecule has 2 aromatic carbocycles. The topological polar surface area (TPSA) is 149 Å². The second-order valence-electron chi connectivity index (χ2n) is 5.75. The number of Topliss-reactive ketones (excluding diaryl/α,β-unsaturated/α-hetero) is 4. The smallest absolute Gasteiger partial charge is 0.295 e. The number of aliphatic hydroxyl groups is 4. The summed E-state index contributed by atoms with van der Waals surface area (Å²) in [5, 5.41) is 36.4. The number of ketones is 4. The van der Waals surface area contributed by atoms with E-state index in [2.05, 4.69) is 0 Å². The van der Waals surface area contributed by atoms with E-state index in [4.69, 9.17) is 20.4 Å². The van der Waals surface area contributed by atoms with Crippen molar-refractivity contribution in [3.63, 3.8) is 0 Å². The quantitative estimate of drug-likeness (QED) is 0.364. The molecule has 0 fully saturated rings. The van der Waals surface area contributed by atoms with Crippen LogP contribution < -0.4 is 0 Å². The van der Waals surface area contributed by atoms with Gasteiger partial charge in [0, 0.05) is 22.3 Å². The Hall–Kier alpha value is -3.04. The van der Waals surface area contributed by atoms with E-state index in [9.17, 15) is 19.2 Å². The van der Waals surface area contributed by atoms with E-state index < -0.39 is 34.7 Å². The fourth-order valence-electron chi connectivity index (χ4n) is 2.72. The maximum Gasteiger partial charge on any atom is 0.295 e. The molecule has 8 nitrogen and oxygen atoms in total. The van der Waals surface area contributed by atoms with Crippen molar-refractivity contribution in [3.05, 3.63) is 70.8 Å². The Kier molecular flexibility index (Phi) is 3.93. The molecular formula is C18H12O8. The number of hydrogen-bond donors (Lipinski definition) is 4. The van der Waals surface area contributed by atoms with Gasteiger partial charge in [-0.2, -0.15) is 0 Å². The first-order chi connectivity index (χ1) is 12.1. The average Bonchev–Trinajstić information content (AvgIpc) is 2.92. The molecule has 0 unspecified atom stereocenters. The van der Waals surface area contributed by atoms with Crippen LogP contribution in [0.1, 0.15) is 41.4 Å². The summed E-state index contributed by atoms with van der Waals surface area (Å²) in [4.78, 5) is 44.8. The summed E-state index contributed by atoms with van der Waals surface area (Å²) < 4.78 is 0. The van der Waals surface area contributed by atoms with E-state index in [-0.39, 0.29) is 22.3 Å². The molecule has 0 bridgehead atoms. The number of fused-ring (bicyclic) bond motifs is 2. The summed E-state index contributed by atoms with van der Waals surface area (Å²) in [5.74, 6) is -9.52. The van der Waals surface area contributed by atoms with Crippen molar-refractivity contribution >= 4 is 23.1 Å². The number of hydrogen-bond acceptors (Lipinski definition) is 8. The minimum atomic E-state index is -2.86. The van der Waals surface area contributed by atoms with E-state index in [0.29, 0.717) is 0 Å². The zero-order valence-corrected chi connectivity index (χ0v) is 13.0. The van der Waals surface area contributed by atoms with Crippen LogP contribution in [0.25, 0.3) is 0 Å². The summed E-state index contributed by atoms with van der Waals surface area (Å²) in [6.07, 6.45) is 0. The third-order valence-corrected chi connectivity index (χ3v) is 4.10. The highest BCUT2D eigenvalue weighted by Crippen LogP contribution is 2.28. The third-order valence-electron chi connectivity index (χ3n) is 4.10. The molecule has 0 radical (unpaired) electrons. The van der Waals surface area contributed by atoms with E-state index in [1.54, 1.807) is 24.3 Å². The summed E-state index contributed by atoms with van der Waals surface area (Å²) in [7, 11) is 0. The number of benzene rings is 2. The van der Waals surface area contributed by atoms with Gasteiger partial charge < -0.3 is 20.4 Å². The highest BCUT2D eigenvalue weighted by molar-refractivity contribution is 6.31. The van der Waals surface area contributed by atoms with Crippen LogP contribution in [0.2, 0.25) is 0 Å². The molecule has 26 heavy (non-hydrogen) atoms. The Balaban J connectivity index is 0.000000151. The Labute approximate surface area is 145 Å². The van der Waals surface area contributed by atoms with Crippen LogP contribution in [-0.2, 0) is 0 Å². The fraction of sp³-hybridized carbons (Fsp3) is 0.111. The van der Waals surface area contributed by atoms with Crippen LogP contribution in [0.15, 0.2) is 48.5 Å². The lowest BCUT2D eigenvalue weighted by Crippen LogP contribution is -2.40. The van der Waals surface area contributed by atoms with Gasteiger partial charge in [0.1, 0.15) is 0 Å². The van der Waals surface area contributed by atoms with Crippen molar-refractivity contribution in [1.82, 2.24) is 0 Å². The molecule has 2 aromatic rings. The van der Waals surface area contributed by atoms with Crippen molar-refractivity contribution in [2.45, 2.75) is 11.6 Å². The molecule has 2 aliphatic rings. The highest BCUT2D eigenvalue weighted by atomic mass is 16.5. The molecule has 132 valence electrons. The molecule has 4 N–H and O–H groups in total. The van der Waals surface area contributed by atoms with E-state index in [0.717, 1.165) is 0 Å². The molecule has 0 saturated heterocycles. The normalized spacial score (nSPS) is 18.9. The summed E-state index contributed by atoms with van der Waals surface area (Å²) in [6.45, 7) is 0. The van der Waals surface area contributed by atoms with Crippen molar-refractivity contribution < 1.29 is 39.6 Å². The maximum atomic E-state index is 11.2. The maximum absolute atomic E-state index is 11.2. The Bertz CT molecular complexity index is 817. The Morgan fingerprint density at radius 3 is 0.846 bits per heavy atom. The third kappa shape index (κ3) is 2.40. The largest absolute Gasteiger partial charge is 0.353 e. The zero-order valence-electron chi connectivity index (χ0n) is 13.0. The van der Waals surface area contributed by atoms with Crippen LogP contribution in [0.3, 0.4) is 0 Å². The van der Waals surface area contributed by atoms with Crippen molar-refractivity contribution in [2.24, 2.45) is 0 Å². The molecule has 8 heteroatoms.